The molecule has 0 aliphatic rings. The molecule has 2 heterocycles. The maximum Gasteiger partial charge on any atom is 0.0619 e. The van der Waals surface area contributed by atoms with Crippen LogP contribution in [0, 0.1) is 0 Å². The number of fused-ring (bicyclic) bond motifs is 7. The second kappa shape index (κ2) is 12.2. The molecule has 252 valence electrons. The zero-order valence-electron chi connectivity index (χ0n) is 29.5. The Morgan fingerprint density at radius 2 is 0.833 bits per heavy atom. The van der Waals surface area contributed by atoms with Crippen LogP contribution in [0.2, 0.25) is 0 Å². The molecular formula is C52H34N2. The largest absolute Gasteiger partial charge is 0.309 e. The second-order valence-corrected chi connectivity index (χ2v) is 14.2. The van der Waals surface area contributed by atoms with Crippen molar-refractivity contribution in [2.75, 3.05) is 0 Å². The van der Waals surface area contributed by atoms with Gasteiger partial charge >= 0.3 is 0 Å². The fraction of sp³-hybridized carbons (Fsp3) is 0. The van der Waals surface area contributed by atoms with E-state index in [4.69, 9.17) is 0 Å². The zero-order chi connectivity index (χ0) is 35.6. The maximum atomic E-state index is 2.47. The Kier molecular flexibility index (Phi) is 6.90. The number of rotatable bonds is 5. The Hall–Kier alpha value is -7.16. The summed E-state index contributed by atoms with van der Waals surface area (Å²) >= 11 is 0. The van der Waals surface area contributed by atoms with Gasteiger partial charge in [-0.15, -0.1) is 0 Å². The smallest absolute Gasteiger partial charge is 0.0619 e. The van der Waals surface area contributed by atoms with E-state index in [-0.39, 0.29) is 0 Å². The summed E-state index contributed by atoms with van der Waals surface area (Å²) < 4.78 is 4.88. The molecule has 2 heteroatoms. The van der Waals surface area contributed by atoms with Gasteiger partial charge in [-0.25, -0.2) is 0 Å². The molecule has 0 atom stereocenters. The summed E-state index contributed by atoms with van der Waals surface area (Å²) in [6.07, 6.45) is 0. The van der Waals surface area contributed by atoms with Gasteiger partial charge in [-0.1, -0.05) is 152 Å². The summed E-state index contributed by atoms with van der Waals surface area (Å²) in [6, 6.07) is 75.3. The molecule has 11 rings (SSSR count). The SMILES string of the molecule is c1ccc(-c2cccc(-c3cccc(-n4c5ccccc5c5cccc(-c6ccc7c(c6)c6ccccc6n7-c6ccc7ccccc7c6)c54)c3)c2)cc1. The van der Waals surface area contributed by atoms with Gasteiger partial charge in [-0.3, -0.25) is 0 Å². The van der Waals surface area contributed by atoms with E-state index in [1.807, 2.05) is 0 Å². The number of aromatic nitrogens is 2. The van der Waals surface area contributed by atoms with Gasteiger partial charge in [0.05, 0.1) is 22.1 Å². The van der Waals surface area contributed by atoms with Crippen molar-refractivity contribution < 1.29 is 0 Å². The summed E-state index contributed by atoms with van der Waals surface area (Å²) in [7, 11) is 0. The molecule has 0 amide bonds. The summed E-state index contributed by atoms with van der Waals surface area (Å²) in [5.74, 6) is 0. The van der Waals surface area contributed by atoms with Crippen LogP contribution in [0.4, 0.5) is 0 Å². The molecule has 11 aromatic rings. The third-order valence-electron chi connectivity index (χ3n) is 11.1. The molecule has 0 saturated carbocycles. The molecule has 0 spiro atoms. The van der Waals surface area contributed by atoms with Crippen LogP contribution in [-0.4, -0.2) is 9.13 Å². The molecule has 0 aliphatic carbocycles. The summed E-state index contributed by atoms with van der Waals surface area (Å²) in [5.41, 5.74) is 14.4. The van der Waals surface area contributed by atoms with Gasteiger partial charge in [0.2, 0.25) is 0 Å². The lowest BCUT2D eigenvalue weighted by molar-refractivity contribution is 1.18. The highest BCUT2D eigenvalue weighted by molar-refractivity contribution is 6.15. The van der Waals surface area contributed by atoms with Crippen molar-refractivity contribution in [1.29, 1.82) is 0 Å². The number of nitrogens with zero attached hydrogens (tertiary/aromatic N) is 2. The highest BCUT2D eigenvalue weighted by atomic mass is 15.0. The topological polar surface area (TPSA) is 9.86 Å². The second-order valence-electron chi connectivity index (χ2n) is 14.2. The average Bonchev–Trinajstić information content (AvgIpc) is 3.77. The molecule has 54 heavy (non-hydrogen) atoms. The van der Waals surface area contributed by atoms with Crippen molar-refractivity contribution in [2.24, 2.45) is 0 Å². The van der Waals surface area contributed by atoms with Gasteiger partial charge in [0.25, 0.3) is 0 Å². The van der Waals surface area contributed by atoms with Gasteiger partial charge in [0, 0.05) is 38.5 Å². The third kappa shape index (κ3) is 4.81. The molecule has 0 bridgehead atoms. The minimum atomic E-state index is 1.14. The summed E-state index contributed by atoms with van der Waals surface area (Å²) in [6.45, 7) is 0. The van der Waals surface area contributed by atoms with E-state index in [9.17, 15) is 0 Å². The molecule has 0 saturated heterocycles. The first-order valence-corrected chi connectivity index (χ1v) is 18.6. The molecule has 0 N–H and O–H groups in total. The van der Waals surface area contributed by atoms with Gasteiger partial charge in [-0.05, 0) is 93.2 Å². The lowest BCUT2D eigenvalue weighted by Crippen LogP contribution is -1.96. The third-order valence-corrected chi connectivity index (χ3v) is 11.1. The highest BCUT2D eigenvalue weighted by Crippen LogP contribution is 2.41. The number of hydrogen-bond acceptors (Lipinski definition) is 0. The predicted molar refractivity (Wildman–Crippen MR) is 229 cm³/mol. The fourth-order valence-corrected chi connectivity index (χ4v) is 8.59. The first-order chi connectivity index (χ1) is 26.8. The van der Waals surface area contributed by atoms with Crippen LogP contribution in [-0.2, 0) is 0 Å². The Labute approximate surface area is 313 Å². The Morgan fingerprint density at radius 3 is 1.67 bits per heavy atom. The Balaban J connectivity index is 1.11. The van der Waals surface area contributed by atoms with Crippen LogP contribution in [0.5, 0.6) is 0 Å². The molecule has 0 aliphatic heterocycles. The number of para-hydroxylation sites is 3. The van der Waals surface area contributed by atoms with Crippen molar-refractivity contribution in [3.63, 3.8) is 0 Å². The highest BCUT2D eigenvalue weighted by Gasteiger charge is 2.19. The van der Waals surface area contributed by atoms with E-state index in [1.165, 1.54) is 93.5 Å². The van der Waals surface area contributed by atoms with Crippen molar-refractivity contribution in [3.8, 4) is 44.8 Å². The minimum absolute atomic E-state index is 1.14. The normalized spacial score (nSPS) is 11.7. The zero-order valence-corrected chi connectivity index (χ0v) is 29.5. The molecule has 2 aromatic heterocycles. The van der Waals surface area contributed by atoms with Crippen LogP contribution in [0.15, 0.2) is 206 Å². The van der Waals surface area contributed by atoms with Crippen LogP contribution < -0.4 is 0 Å². The quantitative estimate of drug-likeness (QED) is 0.171. The van der Waals surface area contributed by atoms with Crippen molar-refractivity contribution in [2.45, 2.75) is 0 Å². The number of hydrogen-bond donors (Lipinski definition) is 0. The van der Waals surface area contributed by atoms with Crippen LogP contribution in [0.1, 0.15) is 0 Å². The molecular weight excluding hydrogens is 653 g/mol. The average molecular weight is 687 g/mol. The maximum absolute atomic E-state index is 2.47. The van der Waals surface area contributed by atoms with Crippen LogP contribution >= 0.6 is 0 Å². The van der Waals surface area contributed by atoms with Gasteiger partial charge in [0.1, 0.15) is 0 Å². The first-order valence-electron chi connectivity index (χ1n) is 18.6. The van der Waals surface area contributed by atoms with Crippen molar-refractivity contribution in [3.05, 3.63) is 206 Å². The standard InChI is InChI=1S/C52H34N2/c1-2-13-35(14-3-1)37-17-10-18-38(31-37)40-19-11-20-42(33-40)54-50-26-9-6-21-45(50)47-24-12-23-44(52(47)54)41-28-30-51-48(34-41)46-22-7-8-25-49(46)53(51)43-29-27-36-15-4-5-16-39(36)32-43/h1-34H. The van der Waals surface area contributed by atoms with E-state index in [0.29, 0.717) is 0 Å². The molecule has 0 radical (unpaired) electrons. The van der Waals surface area contributed by atoms with Crippen LogP contribution in [0.25, 0.3) is 99.1 Å². The summed E-state index contributed by atoms with van der Waals surface area (Å²) in [5, 5.41) is 7.49. The van der Waals surface area contributed by atoms with Gasteiger partial charge < -0.3 is 9.13 Å². The van der Waals surface area contributed by atoms with Crippen LogP contribution in [0.3, 0.4) is 0 Å². The van der Waals surface area contributed by atoms with Gasteiger partial charge in [0.15, 0.2) is 0 Å². The molecule has 0 unspecified atom stereocenters. The predicted octanol–water partition coefficient (Wildman–Crippen LogP) is 14.0. The lowest BCUT2D eigenvalue weighted by Gasteiger charge is -2.14. The Bertz CT molecular complexity index is 3220. The Morgan fingerprint density at radius 1 is 0.259 bits per heavy atom. The van der Waals surface area contributed by atoms with E-state index in [2.05, 4.69) is 215 Å². The van der Waals surface area contributed by atoms with E-state index in [0.717, 1.165) is 5.69 Å². The minimum Gasteiger partial charge on any atom is -0.309 e. The van der Waals surface area contributed by atoms with E-state index >= 15 is 0 Å². The summed E-state index contributed by atoms with van der Waals surface area (Å²) in [4.78, 5) is 0. The molecule has 0 fully saturated rings. The lowest BCUT2D eigenvalue weighted by atomic mass is 9.98. The molecule has 2 nitrogen and oxygen atoms in total. The first kappa shape index (κ1) is 30.5. The van der Waals surface area contributed by atoms with Crippen molar-refractivity contribution >= 4 is 54.4 Å². The van der Waals surface area contributed by atoms with E-state index in [1.54, 1.807) is 0 Å². The number of benzene rings is 9. The fourth-order valence-electron chi connectivity index (χ4n) is 8.59. The van der Waals surface area contributed by atoms with Gasteiger partial charge in [-0.2, -0.15) is 0 Å². The molecule has 9 aromatic carbocycles. The van der Waals surface area contributed by atoms with E-state index < -0.39 is 0 Å². The monoisotopic (exact) mass is 686 g/mol. The van der Waals surface area contributed by atoms with Crippen molar-refractivity contribution in [1.82, 2.24) is 9.13 Å².